The van der Waals surface area contributed by atoms with Crippen molar-refractivity contribution in [2.24, 2.45) is 0 Å². The molecule has 1 rings (SSSR count). The van der Waals surface area contributed by atoms with Crippen molar-refractivity contribution < 1.29 is 17.9 Å². The summed E-state index contributed by atoms with van der Waals surface area (Å²) in [6, 6.07) is 5.36. The van der Waals surface area contributed by atoms with Gasteiger partial charge in [0.15, 0.2) is 0 Å². The molecule has 2 nitrogen and oxygen atoms in total. The van der Waals surface area contributed by atoms with E-state index in [0.29, 0.717) is 5.75 Å². The molecule has 1 aromatic carbocycles. The standard InChI is InChI=1S/C11H12Br2F3NO/c1-7(5-17-6-11(14,15)16)18-10-3-2-8(12)4-9(10)13/h2-4,7,17H,5-6H2,1H3. The Morgan fingerprint density at radius 2 is 2.00 bits per heavy atom. The summed E-state index contributed by atoms with van der Waals surface area (Å²) >= 11 is 6.62. The van der Waals surface area contributed by atoms with Crippen LogP contribution in [0.25, 0.3) is 0 Å². The van der Waals surface area contributed by atoms with E-state index in [0.717, 1.165) is 8.95 Å². The normalized spacial score (nSPS) is 13.4. The van der Waals surface area contributed by atoms with Crippen molar-refractivity contribution in [1.82, 2.24) is 5.32 Å². The van der Waals surface area contributed by atoms with Crippen LogP contribution < -0.4 is 10.1 Å². The molecule has 1 unspecified atom stereocenters. The number of benzene rings is 1. The Kier molecular flexibility index (Phi) is 5.94. The average Bonchev–Trinajstić information content (AvgIpc) is 2.20. The highest BCUT2D eigenvalue weighted by atomic mass is 79.9. The van der Waals surface area contributed by atoms with Crippen LogP contribution in [0.1, 0.15) is 6.92 Å². The lowest BCUT2D eigenvalue weighted by molar-refractivity contribution is -0.125. The van der Waals surface area contributed by atoms with Crippen molar-refractivity contribution >= 4 is 31.9 Å². The molecule has 0 aliphatic rings. The zero-order chi connectivity index (χ0) is 13.8. The van der Waals surface area contributed by atoms with Gasteiger partial charge in [-0.05, 0) is 41.1 Å². The van der Waals surface area contributed by atoms with Crippen LogP contribution in [-0.2, 0) is 0 Å². The van der Waals surface area contributed by atoms with Gasteiger partial charge in [0.25, 0.3) is 0 Å². The summed E-state index contributed by atoms with van der Waals surface area (Å²) in [5, 5.41) is 2.30. The van der Waals surface area contributed by atoms with Gasteiger partial charge in [-0.2, -0.15) is 13.2 Å². The summed E-state index contributed by atoms with van der Waals surface area (Å²) in [4.78, 5) is 0. The lowest BCUT2D eigenvalue weighted by Crippen LogP contribution is -2.35. The van der Waals surface area contributed by atoms with Crippen molar-refractivity contribution in [2.45, 2.75) is 19.2 Å². The molecule has 0 saturated heterocycles. The second-order valence-electron chi connectivity index (χ2n) is 3.75. The number of halogens is 5. The quantitative estimate of drug-likeness (QED) is 0.816. The molecule has 0 fully saturated rings. The fourth-order valence-corrected chi connectivity index (χ4v) is 2.39. The molecular formula is C11H12Br2F3NO. The van der Waals surface area contributed by atoms with Gasteiger partial charge in [0.2, 0.25) is 0 Å². The third-order valence-electron chi connectivity index (χ3n) is 1.98. The largest absolute Gasteiger partial charge is 0.488 e. The molecular weight excluding hydrogens is 379 g/mol. The molecule has 1 N–H and O–H groups in total. The van der Waals surface area contributed by atoms with Gasteiger partial charge >= 0.3 is 6.18 Å². The Balaban J connectivity index is 2.42. The Labute approximate surface area is 120 Å². The Morgan fingerprint density at radius 1 is 1.33 bits per heavy atom. The summed E-state index contributed by atoms with van der Waals surface area (Å²) in [6.45, 7) is 0.822. The van der Waals surface area contributed by atoms with Crippen molar-refractivity contribution in [1.29, 1.82) is 0 Å². The van der Waals surface area contributed by atoms with E-state index in [1.807, 2.05) is 6.07 Å². The van der Waals surface area contributed by atoms with Gasteiger partial charge in [-0.25, -0.2) is 0 Å². The minimum absolute atomic E-state index is 0.127. The molecule has 0 radical (unpaired) electrons. The minimum atomic E-state index is -4.20. The molecule has 0 amide bonds. The fraction of sp³-hybridized carbons (Fsp3) is 0.455. The highest BCUT2D eigenvalue weighted by Gasteiger charge is 2.26. The zero-order valence-corrected chi connectivity index (χ0v) is 12.7. The Morgan fingerprint density at radius 3 is 2.56 bits per heavy atom. The molecule has 1 atom stereocenters. The van der Waals surface area contributed by atoms with Crippen LogP contribution in [0.15, 0.2) is 27.1 Å². The van der Waals surface area contributed by atoms with Crippen LogP contribution in [-0.4, -0.2) is 25.4 Å². The number of hydrogen-bond donors (Lipinski definition) is 1. The van der Waals surface area contributed by atoms with E-state index in [4.69, 9.17) is 4.74 Å². The van der Waals surface area contributed by atoms with Crippen molar-refractivity contribution in [3.05, 3.63) is 27.1 Å². The molecule has 102 valence electrons. The van der Waals surface area contributed by atoms with Crippen molar-refractivity contribution in [2.75, 3.05) is 13.1 Å². The van der Waals surface area contributed by atoms with Crippen LogP contribution in [0.5, 0.6) is 5.75 Å². The molecule has 0 aliphatic heterocycles. The monoisotopic (exact) mass is 389 g/mol. The van der Waals surface area contributed by atoms with Gasteiger partial charge < -0.3 is 10.1 Å². The first kappa shape index (κ1) is 15.8. The molecule has 0 spiro atoms. The van der Waals surface area contributed by atoms with Crippen LogP contribution in [0.4, 0.5) is 13.2 Å². The van der Waals surface area contributed by atoms with Gasteiger partial charge in [-0.15, -0.1) is 0 Å². The van der Waals surface area contributed by atoms with E-state index in [-0.39, 0.29) is 12.6 Å². The highest BCUT2D eigenvalue weighted by Crippen LogP contribution is 2.28. The van der Waals surface area contributed by atoms with E-state index in [1.165, 1.54) is 0 Å². The first-order valence-corrected chi connectivity index (χ1v) is 6.76. The lowest BCUT2D eigenvalue weighted by atomic mass is 10.3. The maximum atomic E-state index is 11.9. The van der Waals surface area contributed by atoms with Gasteiger partial charge in [0.1, 0.15) is 11.9 Å². The van der Waals surface area contributed by atoms with E-state index in [9.17, 15) is 13.2 Å². The SMILES string of the molecule is CC(CNCC(F)(F)F)Oc1ccc(Br)cc1Br. The summed E-state index contributed by atoms with van der Waals surface area (Å²) in [7, 11) is 0. The Hall–Kier alpha value is -0.270. The lowest BCUT2D eigenvalue weighted by Gasteiger charge is -2.17. The summed E-state index contributed by atoms with van der Waals surface area (Å²) < 4.78 is 42.9. The minimum Gasteiger partial charge on any atom is -0.488 e. The van der Waals surface area contributed by atoms with Crippen LogP contribution in [0, 0.1) is 0 Å². The molecule has 0 heterocycles. The molecule has 0 bridgehead atoms. The fourth-order valence-electron chi connectivity index (χ4n) is 1.25. The predicted octanol–water partition coefficient (Wildman–Crippen LogP) is 4.13. The van der Waals surface area contributed by atoms with Gasteiger partial charge in [0, 0.05) is 11.0 Å². The van der Waals surface area contributed by atoms with Gasteiger partial charge in [-0.3, -0.25) is 0 Å². The highest BCUT2D eigenvalue weighted by molar-refractivity contribution is 9.11. The van der Waals surface area contributed by atoms with Crippen molar-refractivity contribution in [3.8, 4) is 5.75 Å². The zero-order valence-electron chi connectivity index (χ0n) is 9.52. The van der Waals surface area contributed by atoms with Crippen LogP contribution in [0.2, 0.25) is 0 Å². The average molecular weight is 391 g/mol. The second kappa shape index (κ2) is 6.77. The predicted molar refractivity (Wildman–Crippen MR) is 70.9 cm³/mol. The molecule has 0 aromatic heterocycles. The molecule has 0 saturated carbocycles. The smallest absolute Gasteiger partial charge is 0.401 e. The van der Waals surface area contributed by atoms with Gasteiger partial charge in [0.05, 0.1) is 11.0 Å². The maximum Gasteiger partial charge on any atom is 0.401 e. The van der Waals surface area contributed by atoms with Crippen LogP contribution in [0.3, 0.4) is 0 Å². The molecule has 0 aliphatic carbocycles. The number of hydrogen-bond acceptors (Lipinski definition) is 2. The van der Waals surface area contributed by atoms with E-state index in [1.54, 1.807) is 19.1 Å². The van der Waals surface area contributed by atoms with E-state index >= 15 is 0 Å². The summed E-state index contributed by atoms with van der Waals surface area (Å²) in [5.41, 5.74) is 0. The first-order valence-electron chi connectivity index (χ1n) is 5.17. The van der Waals surface area contributed by atoms with E-state index < -0.39 is 12.7 Å². The molecule has 18 heavy (non-hydrogen) atoms. The number of ether oxygens (including phenoxy) is 1. The second-order valence-corrected chi connectivity index (χ2v) is 5.52. The number of alkyl halides is 3. The molecule has 1 aromatic rings. The summed E-state index contributed by atoms with van der Waals surface area (Å²) in [5.74, 6) is 0.597. The van der Waals surface area contributed by atoms with Crippen LogP contribution >= 0.6 is 31.9 Å². The number of rotatable bonds is 5. The molecule has 7 heteroatoms. The maximum absolute atomic E-state index is 11.9. The third-order valence-corrected chi connectivity index (χ3v) is 3.09. The van der Waals surface area contributed by atoms with Gasteiger partial charge in [-0.1, -0.05) is 15.9 Å². The van der Waals surface area contributed by atoms with E-state index in [2.05, 4.69) is 37.2 Å². The first-order chi connectivity index (χ1) is 8.28. The number of nitrogens with one attached hydrogen (secondary N) is 1. The summed E-state index contributed by atoms with van der Waals surface area (Å²) in [6.07, 6.45) is -4.55. The Bertz CT molecular complexity index is 398. The third kappa shape index (κ3) is 6.06. The van der Waals surface area contributed by atoms with Crippen molar-refractivity contribution in [3.63, 3.8) is 0 Å². The topological polar surface area (TPSA) is 21.3 Å².